The third-order valence-electron chi connectivity index (χ3n) is 7.69. The van der Waals surface area contributed by atoms with Crippen molar-refractivity contribution in [2.75, 3.05) is 39.3 Å². The van der Waals surface area contributed by atoms with E-state index >= 15 is 0 Å². The van der Waals surface area contributed by atoms with E-state index in [0.29, 0.717) is 5.92 Å². The highest BCUT2D eigenvalue weighted by Gasteiger charge is 2.19. The van der Waals surface area contributed by atoms with Crippen molar-refractivity contribution in [3.63, 3.8) is 0 Å². The number of hydrogen-bond donors (Lipinski definition) is 0. The first-order valence-electron chi connectivity index (χ1n) is 13.2. The van der Waals surface area contributed by atoms with Gasteiger partial charge in [0.15, 0.2) is 0 Å². The minimum absolute atomic E-state index is 0.494. The molecule has 1 aliphatic heterocycles. The number of fused-ring (bicyclic) bond motifs is 1. The van der Waals surface area contributed by atoms with Crippen LogP contribution in [0.2, 0.25) is 0 Å². The number of aryl methyl sites for hydroxylation is 1. The molecule has 0 atom stereocenters. The molecule has 3 aromatic rings. The Bertz CT molecular complexity index is 1010. The molecule has 2 heteroatoms. The van der Waals surface area contributed by atoms with Crippen LogP contribution in [0.1, 0.15) is 53.9 Å². The minimum atomic E-state index is 0.494. The molecule has 3 aromatic carbocycles. The van der Waals surface area contributed by atoms with Gasteiger partial charge in [-0.3, -0.25) is 4.90 Å². The molecule has 0 bridgehead atoms. The molecular formula is C32H38N2. The molecule has 1 fully saturated rings. The Morgan fingerprint density at radius 2 is 1.29 bits per heavy atom. The lowest BCUT2D eigenvalue weighted by Crippen LogP contribution is -2.46. The summed E-state index contributed by atoms with van der Waals surface area (Å²) in [5.74, 6) is 0.494. The highest BCUT2D eigenvalue weighted by atomic mass is 15.3. The number of benzene rings is 3. The van der Waals surface area contributed by atoms with Gasteiger partial charge >= 0.3 is 0 Å². The first-order valence-corrected chi connectivity index (χ1v) is 13.2. The third kappa shape index (κ3) is 5.87. The van der Waals surface area contributed by atoms with E-state index in [4.69, 9.17) is 0 Å². The molecule has 2 nitrogen and oxygen atoms in total. The van der Waals surface area contributed by atoms with Crippen molar-refractivity contribution in [1.29, 1.82) is 0 Å². The fourth-order valence-corrected chi connectivity index (χ4v) is 5.72. The van der Waals surface area contributed by atoms with Crippen molar-refractivity contribution in [1.82, 2.24) is 9.80 Å². The molecule has 0 N–H and O–H groups in total. The highest BCUT2D eigenvalue weighted by molar-refractivity contribution is 5.70. The van der Waals surface area contributed by atoms with Crippen LogP contribution in [0.25, 0.3) is 5.57 Å². The molecule has 176 valence electrons. The van der Waals surface area contributed by atoms with Crippen LogP contribution in [-0.4, -0.2) is 49.1 Å². The van der Waals surface area contributed by atoms with E-state index in [1.54, 1.807) is 5.57 Å². The van der Waals surface area contributed by atoms with Crippen molar-refractivity contribution in [3.8, 4) is 0 Å². The largest absolute Gasteiger partial charge is 0.301 e. The number of nitrogens with zero attached hydrogens (tertiary/aromatic N) is 2. The maximum atomic E-state index is 2.67. The van der Waals surface area contributed by atoms with E-state index in [2.05, 4.69) is 101 Å². The quantitative estimate of drug-likeness (QED) is 0.380. The molecule has 34 heavy (non-hydrogen) atoms. The molecule has 0 saturated carbocycles. The summed E-state index contributed by atoms with van der Waals surface area (Å²) in [6, 6.07) is 31.1. The minimum Gasteiger partial charge on any atom is -0.301 e. The van der Waals surface area contributed by atoms with Crippen LogP contribution in [-0.2, 0) is 6.42 Å². The summed E-state index contributed by atoms with van der Waals surface area (Å²) in [5, 5.41) is 0. The molecule has 1 saturated heterocycles. The molecular weight excluding hydrogens is 412 g/mol. The molecule has 2 aliphatic rings. The predicted octanol–water partition coefficient (Wildman–Crippen LogP) is 6.64. The average Bonchev–Trinajstić information content (AvgIpc) is 2.91. The Kier molecular flexibility index (Phi) is 7.90. The molecule has 0 radical (unpaired) electrons. The van der Waals surface area contributed by atoms with Crippen molar-refractivity contribution in [2.45, 2.75) is 38.0 Å². The van der Waals surface area contributed by atoms with Gasteiger partial charge in [-0.25, -0.2) is 0 Å². The van der Waals surface area contributed by atoms with Crippen LogP contribution in [0.3, 0.4) is 0 Å². The normalized spacial score (nSPS) is 18.3. The molecule has 1 heterocycles. The van der Waals surface area contributed by atoms with Gasteiger partial charge in [-0.15, -0.1) is 0 Å². The van der Waals surface area contributed by atoms with Crippen molar-refractivity contribution >= 4 is 5.57 Å². The van der Waals surface area contributed by atoms with Gasteiger partial charge in [0.05, 0.1) is 0 Å². The highest BCUT2D eigenvalue weighted by Crippen LogP contribution is 2.31. The molecule has 5 rings (SSSR count). The summed E-state index contributed by atoms with van der Waals surface area (Å²) < 4.78 is 0. The van der Waals surface area contributed by atoms with Gasteiger partial charge in [-0.05, 0) is 66.5 Å². The topological polar surface area (TPSA) is 6.48 Å². The van der Waals surface area contributed by atoms with Crippen LogP contribution >= 0.6 is 0 Å². The van der Waals surface area contributed by atoms with E-state index in [1.807, 2.05) is 0 Å². The van der Waals surface area contributed by atoms with E-state index in [9.17, 15) is 0 Å². The number of piperazine rings is 1. The third-order valence-corrected chi connectivity index (χ3v) is 7.69. The maximum absolute atomic E-state index is 2.67. The Hall–Kier alpha value is -2.68. The van der Waals surface area contributed by atoms with Gasteiger partial charge < -0.3 is 4.90 Å². The summed E-state index contributed by atoms with van der Waals surface area (Å²) in [7, 11) is 0. The maximum Gasteiger partial charge on any atom is 0.0170 e. The second-order valence-corrected chi connectivity index (χ2v) is 9.90. The first kappa shape index (κ1) is 23.1. The zero-order chi connectivity index (χ0) is 23.0. The van der Waals surface area contributed by atoms with Crippen molar-refractivity contribution in [2.24, 2.45) is 0 Å². The van der Waals surface area contributed by atoms with Gasteiger partial charge in [0.2, 0.25) is 0 Å². The number of rotatable bonds is 8. The van der Waals surface area contributed by atoms with E-state index < -0.39 is 0 Å². The number of hydrogen-bond acceptors (Lipinski definition) is 2. The van der Waals surface area contributed by atoms with Gasteiger partial charge in [-0.1, -0.05) is 91.0 Å². The van der Waals surface area contributed by atoms with Crippen molar-refractivity contribution in [3.05, 3.63) is 113 Å². The van der Waals surface area contributed by atoms with Gasteiger partial charge in [-0.2, -0.15) is 0 Å². The molecule has 0 unspecified atom stereocenters. The monoisotopic (exact) mass is 450 g/mol. The Labute approximate surface area is 205 Å². The predicted molar refractivity (Wildman–Crippen MR) is 144 cm³/mol. The summed E-state index contributed by atoms with van der Waals surface area (Å²) in [4.78, 5) is 5.31. The summed E-state index contributed by atoms with van der Waals surface area (Å²) in [6.45, 7) is 7.07. The van der Waals surface area contributed by atoms with E-state index in [-0.39, 0.29) is 0 Å². The first-order chi connectivity index (χ1) is 16.9. The van der Waals surface area contributed by atoms with Crippen LogP contribution in [0, 0.1) is 0 Å². The standard InChI is InChI=1S/C32H38N2/c1-3-11-27(12-4-1)32(28-13-5-2-6-14-28)19-10-21-33-23-25-34(26-24-33)22-20-30-17-9-16-29-15-7-8-18-31(29)30/h1-8,11-15,18,20,32H,9-10,16-17,19,21-26H2. The van der Waals surface area contributed by atoms with E-state index in [1.165, 1.54) is 87.1 Å². The molecule has 0 aromatic heterocycles. The van der Waals surface area contributed by atoms with Gasteiger partial charge in [0, 0.05) is 38.6 Å². The molecule has 0 spiro atoms. The summed E-state index contributed by atoms with van der Waals surface area (Å²) in [6.07, 6.45) is 8.74. The van der Waals surface area contributed by atoms with Gasteiger partial charge in [0.25, 0.3) is 0 Å². The molecule has 0 amide bonds. The van der Waals surface area contributed by atoms with Crippen LogP contribution in [0.4, 0.5) is 0 Å². The summed E-state index contributed by atoms with van der Waals surface area (Å²) >= 11 is 0. The SMILES string of the molecule is C(CN1CCN(CCCC(c2ccccc2)c2ccccc2)CC1)=C1CCCc2ccccc21. The lowest BCUT2D eigenvalue weighted by Gasteiger charge is -2.34. The van der Waals surface area contributed by atoms with E-state index in [0.717, 1.165) is 6.54 Å². The second kappa shape index (κ2) is 11.6. The molecule has 1 aliphatic carbocycles. The zero-order valence-corrected chi connectivity index (χ0v) is 20.4. The fraction of sp³-hybridized carbons (Fsp3) is 0.375. The Morgan fingerprint density at radius 3 is 2.00 bits per heavy atom. The lowest BCUT2D eigenvalue weighted by atomic mass is 9.87. The van der Waals surface area contributed by atoms with Crippen molar-refractivity contribution < 1.29 is 0 Å². The van der Waals surface area contributed by atoms with Crippen LogP contribution < -0.4 is 0 Å². The zero-order valence-electron chi connectivity index (χ0n) is 20.4. The lowest BCUT2D eigenvalue weighted by molar-refractivity contribution is 0.140. The van der Waals surface area contributed by atoms with Crippen LogP contribution in [0.15, 0.2) is 91.0 Å². The fourth-order valence-electron chi connectivity index (χ4n) is 5.72. The van der Waals surface area contributed by atoms with Crippen LogP contribution in [0.5, 0.6) is 0 Å². The Balaban J connectivity index is 1.10. The smallest absolute Gasteiger partial charge is 0.0170 e. The van der Waals surface area contributed by atoms with Gasteiger partial charge in [0.1, 0.15) is 0 Å². The second-order valence-electron chi connectivity index (χ2n) is 9.90. The Morgan fingerprint density at radius 1 is 0.676 bits per heavy atom. The number of allylic oxidation sites excluding steroid dienone is 1. The summed E-state index contributed by atoms with van der Waals surface area (Å²) in [5.41, 5.74) is 7.48. The average molecular weight is 451 g/mol.